The van der Waals surface area contributed by atoms with Crippen molar-refractivity contribution in [2.24, 2.45) is 5.92 Å². The van der Waals surface area contributed by atoms with Gasteiger partial charge in [0.1, 0.15) is 36.9 Å². The van der Waals surface area contributed by atoms with Crippen LogP contribution in [0.1, 0.15) is 53.5 Å². The highest BCUT2D eigenvalue weighted by Gasteiger charge is 2.31. The summed E-state index contributed by atoms with van der Waals surface area (Å²) in [6.07, 6.45) is -1.26. The summed E-state index contributed by atoms with van der Waals surface area (Å²) in [5.41, 5.74) is 0.651. The van der Waals surface area contributed by atoms with E-state index in [2.05, 4.69) is 31.4 Å². The Morgan fingerprint density at radius 2 is 1.48 bits per heavy atom. The number of rotatable bonds is 14. The smallest absolute Gasteiger partial charge is 0.408 e. The zero-order valence-electron chi connectivity index (χ0n) is 26.9. The third-order valence-electron chi connectivity index (χ3n) is 6.47. The molecule has 1 aromatic heterocycles. The summed E-state index contributed by atoms with van der Waals surface area (Å²) in [5.74, 6) is -2.72. The van der Waals surface area contributed by atoms with Crippen LogP contribution >= 0.6 is 0 Å². The summed E-state index contributed by atoms with van der Waals surface area (Å²) in [6.45, 7) is 9.53. The van der Waals surface area contributed by atoms with Gasteiger partial charge in [-0.3, -0.25) is 19.2 Å². The van der Waals surface area contributed by atoms with Gasteiger partial charge in [0.15, 0.2) is 5.78 Å². The first-order chi connectivity index (χ1) is 21.7. The maximum atomic E-state index is 13.3. The lowest BCUT2D eigenvalue weighted by molar-refractivity contribution is -0.156. The van der Waals surface area contributed by atoms with Gasteiger partial charge in [-0.05, 0) is 44.4 Å². The lowest BCUT2D eigenvalue weighted by Crippen LogP contribution is -2.56. The van der Waals surface area contributed by atoms with Gasteiger partial charge in [0.2, 0.25) is 17.6 Å². The third-order valence-corrected chi connectivity index (χ3v) is 6.47. The van der Waals surface area contributed by atoms with Crippen LogP contribution in [0.15, 0.2) is 60.7 Å². The first-order valence-electron chi connectivity index (χ1n) is 14.9. The molecule has 14 heteroatoms. The molecule has 0 spiro atoms. The minimum Gasteiger partial charge on any atom is -0.460 e. The number of Topliss-reactive ketones (excluding diaryl/α,β-unsaturated/α-hetero) is 1. The number of alkyl carbamates (subject to hydrolysis) is 1. The molecule has 0 saturated carbocycles. The zero-order valence-corrected chi connectivity index (χ0v) is 26.9. The summed E-state index contributed by atoms with van der Waals surface area (Å²) in [5, 5.41) is 19.8. The van der Waals surface area contributed by atoms with Gasteiger partial charge in [0.25, 0.3) is 0 Å². The quantitative estimate of drug-likeness (QED) is 0.223. The van der Waals surface area contributed by atoms with Crippen molar-refractivity contribution < 1.29 is 33.4 Å². The molecule has 1 heterocycles. The molecule has 2 aromatic carbocycles. The van der Waals surface area contributed by atoms with Gasteiger partial charge in [0.05, 0.1) is 6.42 Å². The number of hydrogen-bond donors (Lipinski definition) is 3. The Balaban J connectivity index is 1.64. The Kier molecular flexibility index (Phi) is 12.5. The summed E-state index contributed by atoms with van der Waals surface area (Å²) < 4.78 is 10.6. The molecule has 3 amide bonds. The van der Waals surface area contributed by atoms with Crippen molar-refractivity contribution in [3.63, 3.8) is 0 Å². The van der Waals surface area contributed by atoms with Crippen molar-refractivity contribution in [1.29, 1.82) is 0 Å². The number of ether oxygens (including phenoxy) is 2. The van der Waals surface area contributed by atoms with Gasteiger partial charge in [-0.25, -0.2) is 4.79 Å². The SMILES string of the molecule is CC(C)[C@H](NC(=O)OCc1ccccc1)C(=O)N[C@@H](C)C(=O)NC(CC(=O)OC(C)(C)C)C(=O)Cn1nnc(-c2ccccc2)n1. The van der Waals surface area contributed by atoms with Crippen molar-refractivity contribution in [3.8, 4) is 11.4 Å². The van der Waals surface area contributed by atoms with E-state index in [1.165, 1.54) is 6.92 Å². The van der Waals surface area contributed by atoms with Gasteiger partial charge < -0.3 is 25.4 Å². The average Bonchev–Trinajstić information content (AvgIpc) is 3.46. The molecule has 3 N–H and O–H groups in total. The van der Waals surface area contributed by atoms with E-state index in [9.17, 15) is 24.0 Å². The second-order valence-electron chi connectivity index (χ2n) is 12.0. The monoisotopic (exact) mass is 635 g/mol. The van der Waals surface area contributed by atoms with Crippen molar-refractivity contribution in [2.45, 2.75) is 84.8 Å². The number of tetrazole rings is 1. The molecule has 0 bridgehead atoms. The summed E-state index contributed by atoms with van der Waals surface area (Å²) in [7, 11) is 0. The van der Waals surface area contributed by atoms with E-state index in [0.717, 1.165) is 10.4 Å². The number of ketones is 1. The Hall–Kier alpha value is -5.14. The summed E-state index contributed by atoms with van der Waals surface area (Å²) in [6, 6.07) is 14.6. The molecule has 0 aliphatic heterocycles. The highest BCUT2D eigenvalue weighted by atomic mass is 16.6. The zero-order chi connectivity index (χ0) is 33.9. The Morgan fingerprint density at radius 1 is 0.848 bits per heavy atom. The molecule has 46 heavy (non-hydrogen) atoms. The number of carbonyl (C=O) groups excluding carboxylic acids is 5. The number of amides is 3. The van der Waals surface area contributed by atoms with E-state index in [4.69, 9.17) is 9.47 Å². The molecule has 0 aliphatic rings. The van der Waals surface area contributed by atoms with Crippen LogP contribution in [0, 0.1) is 5.92 Å². The fourth-order valence-corrected chi connectivity index (χ4v) is 4.15. The highest BCUT2D eigenvalue weighted by Crippen LogP contribution is 2.13. The second kappa shape index (κ2) is 16.3. The highest BCUT2D eigenvalue weighted by molar-refractivity contribution is 5.95. The van der Waals surface area contributed by atoms with Crippen LogP contribution in [0.2, 0.25) is 0 Å². The van der Waals surface area contributed by atoms with Crippen molar-refractivity contribution in [3.05, 3.63) is 66.2 Å². The van der Waals surface area contributed by atoms with Crippen LogP contribution < -0.4 is 16.0 Å². The summed E-state index contributed by atoms with van der Waals surface area (Å²) >= 11 is 0. The number of carbonyl (C=O) groups is 5. The predicted molar refractivity (Wildman–Crippen MR) is 167 cm³/mol. The van der Waals surface area contributed by atoms with E-state index < -0.39 is 66.4 Å². The molecule has 1 unspecified atom stereocenters. The first kappa shape index (κ1) is 35.3. The van der Waals surface area contributed by atoms with Gasteiger partial charge >= 0.3 is 12.1 Å². The predicted octanol–water partition coefficient (Wildman–Crippen LogP) is 2.58. The molecule has 0 fully saturated rings. The second-order valence-corrected chi connectivity index (χ2v) is 12.0. The van der Waals surface area contributed by atoms with Crippen molar-refractivity contribution >= 4 is 29.7 Å². The number of benzene rings is 2. The van der Waals surface area contributed by atoms with Gasteiger partial charge in [-0.15, -0.1) is 10.2 Å². The topological polar surface area (TPSA) is 184 Å². The van der Waals surface area contributed by atoms with Gasteiger partial charge in [-0.2, -0.15) is 4.80 Å². The van der Waals surface area contributed by atoms with Crippen LogP contribution in [0.4, 0.5) is 4.79 Å². The molecule has 3 rings (SSSR count). The van der Waals surface area contributed by atoms with E-state index in [-0.39, 0.29) is 12.5 Å². The molecule has 14 nitrogen and oxygen atoms in total. The Bertz CT molecular complexity index is 1490. The number of hydrogen-bond acceptors (Lipinski definition) is 10. The number of nitrogens with one attached hydrogen (secondary N) is 3. The van der Waals surface area contributed by atoms with Crippen LogP contribution in [0.3, 0.4) is 0 Å². The van der Waals surface area contributed by atoms with Gasteiger partial charge in [0, 0.05) is 5.56 Å². The van der Waals surface area contributed by atoms with E-state index in [1.807, 2.05) is 36.4 Å². The van der Waals surface area contributed by atoms with Crippen molar-refractivity contribution in [2.75, 3.05) is 0 Å². The van der Waals surface area contributed by atoms with Crippen LogP contribution in [-0.4, -0.2) is 73.6 Å². The number of nitrogens with zero attached hydrogens (tertiary/aromatic N) is 4. The van der Waals surface area contributed by atoms with E-state index in [0.29, 0.717) is 11.4 Å². The molecule has 0 saturated heterocycles. The minimum atomic E-state index is -1.32. The first-order valence-corrected chi connectivity index (χ1v) is 14.9. The number of esters is 1. The molecular formula is C32H41N7O7. The molecule has 3 atom stereocenters. The maximum Gasteiger partial charge on any atom is 0.408 e. The fourth-order valence-electron chi connectivity index (χ4n) is 4.15. The van der Waals surface area contributed by atoms with E-state index >= 15 is 0 Å². The standard InChI is InChI=1S/C32H41N7O7/c1-20(2)27(35-31(44)45-19-22-13-9-7-10-14-22)30(43)33-21(3)29(42)34-24(17-26(41)46-32(4,5)6)25(40)18-39-37-28(36-38-39)23-15-11-8-12-16-23/h7-16,20-21,24,27H,17-19H2,1-6H3,(H,33,43)(H,34,42)(H,35,44)/t21-,24?,27-/m0/s1. The summed E-state index contributed by atoms with van der Waals surface area (Å²) in [4.78, 5) is 65.7. The van der Waals surface area contributed by atoms with Gasteiger partial charge in [-0.1, -0.05) is 74.5 Å². The van der Waals surface area contributed by atoms with Crippen molar-refractivity contribution in [1.82, 2.24) is 36.2 Å². The number of aromatic nitrogens is 4. The fraction of sp³-hybridized carbons (Fsp3) is 0.438. The molecule has 0 radical (unpaired) electrons. The van der Waals surface area contributed by atoms with Crippen LogP contribution in [0.5, 0.6) is 0 Å². The molecule has 246 valence electrons. The molecule has 0 aliphatic carbocycles. The van der Waals surface area contributed by atoms with Crippen LogP contribution in [0.25, 0.3) is 11.4 Å². The Labute approximate surface area is 267 Å². The largest absolute Gasteiger partial charge is 0.460 e. The maximum absolute atomic E-state index is 13.3. The minimum absolute atomic E-state index is 0.0165. The van der Waals surface area contributed by atoms with Crippen LogP contribution in [-0.2, 0) is 41.8 Å². The van der Waals surface area contributed by atoms with E-state index in [1.54, 1.807) is 58.9 Å². The lowest BCUT2D eigenvalue weighted by Gasteiger charge is -2.25. The Morgan fingerprint density at radius 3 is 2.09 bits per heavy atom. The molecule has 3 aromatic rings. The lowest BCUT2D eigenvalue weighted by atomic mass is 10.0. The average molecular weight is 636 g/mol. The normalized spacial score (nSPS) is 13.2. The molecular weight excluding hydrogens is 594 g/mol. The third kappa shape index (κ3) is 11.4.